The molecule has 1 fully saturated rings. The molecule has 1 aliphatic rings. The zero-order valence-corrected chi connectivity index (χ0v) is 14.0. The monoisotopic (exact) mass is 304 g/mol. The summed E-state index contributed by atoms with van der Waals surface area (Å²) < 4.78 is 5.54. The number of amides is 1. The van der Waals surface area contributed by atoms with E-state index in [0.29, 0.717) is 24.5 Å². The number of hydrogen-bond acceptors (Lipinski definition) is 3. The van der Waals surface area contributed by atoms with E-state index in [0.717, 1.165) is 13.1 Å². The lowest BCUT2D eigenvalue weighted by Gasteiger charge is -2.41. The largest absolute Gasteiger partial charge is 0.493 e. The molecule has 0 aliphatic carbocycles. The number of likely N-dealkylation sites (tertiary alicyclic amines) is 1. The standard InChI is InChI=1S/C18H28N2O2/c1-4-22-16-11-7-6-10-15(16)17(21)19-14-18(2,3)20-12-8-5-9-13-20/h6-7,10-11H,4-5,8-9,12-14H2,1-3H3,(H,19,21). The third kappa shape index (κ3) is 4.23. The van der Waals surface area contributed by atoms with Crippen LogP contribution < -0.4 is 10.1 Å². The number of carbonyl (C=O) groups excluding carboxylic acids is 1. The second-order valence-electron chi connectivity index (χ2n) is 6.47. The Kier molecular flexibility index (Phi) is 5.83. The van der Waals surface area contributed by atoms with E-state index >= 15 is 0 Å². The molecule has 1 aromatic rings. The van der Waals surface area contributed by atoms with Crippen molar-refractivity contribution in [3.8, 4) is 5.75 Å². The summed E-state index contributed by atoms with van der Waals surface area (Å²) in [4.78, 5) is 14.9. The van der Waals surface area contributed by atoms with Crippen LogP contribution in [0.2, 0.25) is 0 Å². The van der Waals surface area contributed by atoms with Crippen molar-refractivity contribution in [2.45, 2.75) is 45.6 Å². The summed E-state index contributed by atoms with van der Waals surface area (Å²) in [5.41, 5.74) is 0.593. The fourth-order valence-electron chi connectivity index (χ4n) is 2.94. The lowest BCUT2D eigenvalue weighted by atomic mass is 9.98. The van der Waals surface area contributed by atoms with E-state index in [1.54, 1.807) is 0 Å². The van der Waals surface area contributed by atoms with Gasteiger partial charge in [-0.05, 0) is 58.8 Å². The van der Waals surface area contributed by atoms with Crippen LogP contribution in [0.15, 0.2) is 24.3 Å². The highest BCUT2D eigenvalue weighted by molar-refractivity contribution is 5.96. The molecule has 1 heterocycles. The van der Waals surface area contributed by atoms with Crippen molar-refractivity contribution in [1.82, 2.24) is 10.2 Å². The first-order valence-electron chi connectivity index (χ1n) is 8.29. The van der Waals surface area contributed by atoms with Gasteiger partial charge >= 0.3 is 0 Å². The van der Waals surface area contributed by atoms with Gasteiger partial charge in [-0.25, -0.2) is 0 Å². The van der Waals surface area contributed by atoms with Gasteiger partial charge in [-0.15, -0.1) is 0 Å². The predicted molar refractivity (Wildman–Crippen MR) is 89.4 cm³/mol. The Bertz CT molecular complexity index is 494. The molecule has 2 rings (SSSR count). The van der Waals surface area contributed by atoms with Crippen LogP contribution in [-0.2, 0) is 0 Å². The van der Waals surface area contributed by atoms with E-state index in [1.807, 2.05) is 31.2 Å². The zero-order valence-electron chi connectivity index (χ0n) is 14.0. The molecule has 0 aromatic heterocycles. The highest BCUT2D eigenvalue weighted by atomic mass is 16.5. The van der Waals surface area contributed by atoms with E-state index in [-0.39, 0.29) is 11.4 Å². The highest BCUT2D eigenvalue weighted by Crippen LogP contribution is 2.21. The number of para-hydroxylation sites is 1. The molecule has 0 bridgehead atoms. The van der Waals surface area contributed by atoms with Gasteiger partial charge in [-0.1, -0.05) is 18.6 Å². The number of rotatable bonds is 6. The van der Waals surface area contributed by atoms with Crippen LogP contribution in [0.1, 0.15) is 50.4 Å². The van der Waals surface area contributed by atoms with Crippen molar-refractivity contribution >= 4 is 5.91 Å². The second kappa shape index (κ2) is 7.63. The van der Waals surface area contributed by atoms with Gasteiger partial charge in [0.15, 0.2) is 0 Å². The molecule has 122 valence electrons. The summed E-state index contributed by atoms with van der Waals surface area (Å²) in [6.07, 6.45) is 3.83. The summed E-state index contributed by atoms with van der Waals surface area (Å²) in [6, 6.07) is 7.41. The van der Waals surface area contributed by atoms with Gasteiger partial charge < -0.3 is 10.1 Å². The zero-order chi connectivity index (χ0) is 16.0. The van der Waals surface area contributed by atoms with Crippen LogP contribution in [0.5, 0.6) is 5.75 Å². The fraction of sp³-hybridized carbons (Fsp3) is 0.611. The van der Waals surface area contributed by atoms with Crippen LogP contribution in [0.3, 0.4) is 0 Å². The quantitative estimate of drug-likeness (QED) is 0.878. The number of piperidine rings is 1. The Balaban J connectivity index is 1.97. The van der Waals surface area contributed by atoms with E-state index in [1.165, 1.54) is 19.3 Å². The number of nitrogens with one attached hydrogen (secondary N) is 1. The summed E-state index contributed by atoms with van der Waals surface area (Å²) in [7, 11) is 0. The van der Waals surface area contributed by atoms with Gasteiger partial charge in [0.1, 0.15) is 5.75 Å². The Morgan fingerprint density at radius 3 is 2.59 bits per heavy atom. The van der Waals surface area contributed by atoms with Gasteiger partial charge in [0.05, 0.1) is 12.2 Å². The van der Waals surface area contributed by atoms with Crippen molar-refractivity contribution in [2.75, 3.05) is 26.2 Å². The molecule has 1 aliphatic heterocycles. The van der Waals surface area contributed by atoms with Crippen LogP contribution >= 0.6 is 0 Å². The van der Waals surface area contributed by atoms with Gasteiger partial charge in [-0.2, -0.15) is 0 Å². The lowest BCUT2D eigenvalue weighted by Crippen LogP contribution is -2.53. The molecule has 0 atom stereocenters. The van der Waals surface area contributed by atoms with E-state index in [4.69, 9.17) is 4.74 Å². The van der Waals surface area contributed by atoms with Gasteiger partial charge in [0.25, 0.3) is 5.91 Å². The summed E-state index contributed by atoms with van der Waals surface area (Å²) >= 11 is 0. The molecule has 0 radical (unpaired) electrons. The minimum atomic E-state index is -0.0610. The van der Waals surface area contributed by atoms with E-state index in [2.05, 4.69) is 24.1 Å². The molecular weight excluding hydrogens is 276 g/mol. The number of nitrogens with zero attached hydrogens (tertiary/aromatic N) is 1. The summed E-state index contributed by atoms with van der Waals surface area (Å²) in [5, 5.41) is 3.07. The molecule has 0 unspecified atom stereocenters. The third-order valence-electron chi connectivity index (χ3n) is 4.33. The highest BCUT2D eigenvalue weighted by Gasteiger charge is 2.28. The summed E-state index contributed by atoms with van der Waals surface area (Å²) in [5.74, 6) is 0.590. The molecule has 1 amide bonds. The minimum absolute atomic E-state index is 0.0172. The van der Waals surface area contributed by atoms with Gasteiger partial charge in [0.2, 0.25) is 0 Å². The average molecular weight is 304 g/mol. The average Bonchev–Trinajstić information content (AvgIpc) is 2.54. The smallest absolute Gasteiger partial charge is 0.255 e. The second-order valence-corrected chi connectivity index (χ2v) is 6.47. The Morgan fingerprint density at radius 2 is 1.91 bits per heavy atom. The van der Waals surface area contributed by atoms with Crippen molar-refractivity contribution < 1.29 is 9.53 Å². The maximum atomic E-state index is 12.5. The van der Waals surface area contributed by atoms with Crippen molar-refractivity contribution in [1.29, 1.82) is 0 Å². The first-order valence-corrected chi connectivity index (χ1v) is 8.29. The molecule has 1 N–H and O–H groups in total. The minimum Gasteiger partial charge on any atom is -0.493 e. The van der Waals surface area contributed by atoms with Gasteiger partial charge in [-0.3, -0.25) is 9.69 Å². The summed E-state index contributed by atoms with van der Waals surface area (Å²) in [6.45, 7) is 9.78. The number of hydrogen-bond donors (Lipinski definition) is 1. The van der Waals surface area contributed by atoms with Crippen LogP contribution in [0.25, 0.3) is 0 Å². The van der Waals surface area contributed by atoms with Crippen LogP contribution in [-0.4, -0.2) is 42.6 Å². The van der Waals surface area contributed by atoms with Crippen LogP contribution in [0.4, 0.5) is 0 Å². The molecule has 0 saturated carbocycles. The number of benzene rings is 1. The van der Waals surface area contributed by atoms with Crippen molar-refractivity contribution in [3.05, 3.63) is 29.8 Å². The molecule has 22 heavy (non-hydrogen) atoms. The molecule has 1 aromatic carbocycles. The Morgan fingerprint density at radius 1 is 1.23 bits per heavy atom. The SMILES string of the molecule is CCOc1ccccc1C(=O)NCC(C)(C)N1CCCCC1. The third-order valence-corrected chi connectivity index (χ3v) is 4.33. The van der Waals surface area contributed by atoms with E-state index < -0.39 is 0 Å². The Labute approximate surface area is 133 Å². The van der Waals surface area contributed by atoms with Crippen molar-refractivity contribution in [3.63, 3.8) is 0 Å². The topological polar surface area (TPSA) is 41.6 Å². The van der Waals surface area contributed by atoms with Crippen molar-refractivity contribution in [2.24, 2.45) is 0 Å². The normalized spacial score (nSPS) is 16.3. The van der Waals surface area contributed by atoms with E-state index in [9.17, 15) is 4.79 Å². The molecule has 4 heteroatoms. The first-order chi connectivity index (χ1) is 10.5. The maximum absolute atomic E-state index is 12.5. The number of ether oxygens (including phenoxy) is 1. The fourth-order valence-corrected chi connectivity index (χ4v) is 2.94. The molecule has 4 nitrogen and oxygen atoms in total. The Hall–Kier alpha value is -1.55. The molecule has 1 saturated heterocycles. The lowest BCUT2D eigenvalue weighted by molar-refractivity contribution is 0.0795. The maximum Gasteiger partial charge on any atom is 0.255 e. The molecular formula is C18H28N2O2. The van der Waals surface area contributed by atoms with Gasteiger partial charge in [0, 0.05) is 12.1 Å². The molecule has 0 spiro atoms. The number of carbonyl (C=O) groups is 1. The predicted octanol–water partition coefficient (Wildman–Crippen LogP) is 3.08. The van der Waals surface area contributed by atoms with Crippen LogP contribution in [0, 0.1) is 0 Å². The first kappa shape index (κ1) is 16.8.